The van der Waals surface area contributed by atoms with Crippen molar-refractivity contribution in [3.8, 4) is 17.2 Å². The van der Waals surface area contributed by atoms with Crippen LogP contribution in [0.4, 0.5) is 5.69 Å². The summed E-state index contributed by atoms with van der Waals surface area (Å²) in [5.41, 5.74) is 8.59. The molecule has 11 heteroatoms. The summed E-state index contributed by atoms with van der Waals surface area (Å²) in [5, 5.41) is 10.3. The van der Waals surface area contributed by atoms with Crippen LogP contribution in [0.3, 0.4) is 0 Å². The Balaban J connectivity index is 1.18. The molecule has 0 aliphatic carbocycles. The van der Waals surface area contributed by atoms with E-state index in [1.165, 1.54) is 17.3 Å². The molecular formula is C24H28N6O4S. The third kappa shape index (κ3) is 4.69. The SMILES string of the molecule is COc1ccc(C2CC3C4NN=C(SCC(=O)Nc5cc(OC)ccc5OC)N4C=CN3N2)cc1. The fourth-order valence-corrected chi connectivity index (χ4v) is 5.20. The zero-order valence-electron chi connectivity index (χ0n) is 19.7. The maximum Gasteiger partial charge on any atom is 0.234 e. The predicted octanol–water partition coefficient (Wildman–Crippen LogP) is 2.69. The van der Waals surface area contributed by atoms with E-state index in [1.807, 2.05) is 24.5 Å². The van der Waals surface area contributed by atoms with Gasteiger partial charge in [-0.1, -0.05) is 23.9 Å². The maximum absolute atomic E-state index is 12.7. The van der Waals surface area contributed by atoms with Crippen molar-refractivity contribution in [1.29, 1.82) is 0 Å². The summed E-state index contributed by atoms with van der Waals surface area (Å²) in [6.45, 7) is 0. The Morgan fingerprint density at radius 1 is 1.09 bits per heavy atom. The number of rotatable bonds is 7. The summed E-state index contributed by atoms with van der Waals surface area (Å²) in [4.78, 5) is 14.7. The van der Waals surface area contributed by atoms with Crippen LogP contribution in [0.15, 0.2) is 60.0 Å². The van der Waals surface area contributed by atoms with Crippen molar-refractivity contribution in [3.05, 3.63) is 60.4 Å². The van der Waals surface area contributed by atoms with Crippen LogP contribution in [0.2, 0.25) is 0 Å². The van der Waals surface area contributed by atoms with E-state index in [1.54, 1.807) is 39.5 Å². The van der Waals surface area contributed by atoms with Gasteiger partial charge in [-0.3, -0.25) is 10.2 Å². The van der Waals surface area contributed by atoms with E-state index in [9.17, 15) is 4.79 Å². The molecule has 5 rings (SSSR count). The molecular weight excluding hydrogens is 468 g/mol. The first-order valence-electron chi connectivity index (χ1n) is 11.2. The zero-order chi connectivity index (χ0) is 24.4. The lowest BCUT2D eigenvalue weighted by Gasteiger charge is -2.36. The van der Waals surface area contributed by atoms with Crippen LogP contribution >= 0.6 is 11.8 Å². The van der Waals surface area contributed by atoms with Crippen molar-refractivity contribution < 1.29 is 19.0 Å². The third-order valence-electron chi connectivity index (χ3n) is 6.24. The highest BCUT2D eigenvalue weighted by Gasteiger charge is 2.44. The average Bonchev–Trinajstić information content (AvgIpc) is 3.51. The molecule has 1 amide bonds. The molecule has 1 saturated heterocycles. The Hall–Kier alpha value is -3.57. The molecule has 0 spiro atoms. The molecule has 3 aliphatic heterocycles. The number of thioether (sulfide) groups is 1. The Labute approximate surface area is 208 Å². The highest BCUT2D eigenvalue weighted by atomic mass is 32.2. The molecule has 0 saturated carbocycles. The van der Waals surface area contributed by atoms with Crippen molar-refractivity contribution in [2.75, 3.05) is 32.4 Å². The summed E-state index contributed by atoms with van der Waals surface area (Å²) in [6, 6.07) is 13.8. The zero-order valence-corrected chi connectivity index (χ0v) is 20.5. The van der Waals surface area contributed by atoms with Gasteiger partial charge in [0.15, 0.2) is 5.17 Å². The van der Waals surface area contributed by atoms with E-state index in [-0.39, 0.29) is 29.9 Å². The Morgan fingerprint density at radius 3 is 2.60 bits per heavy atom. The van der Waals surface area contributed by atoms with Crippen LogP contribution in [0.25, 0.3) is 0 Å². The van der Waals surface area contributed by atoms with Gasteiger partial charge in [0, 0.05) is 18.5 Å². The number of hydrogen-bond acceptors (Lipinski definition) is 10. The predicted molar refractivity (Wildman–Crippen MR) is 135 cm³/mol. The van der Waals surface area contributed by atoms with E-state index in [4.69, 9.17) is 14.2 Å². The van der Waals surface area contributed by atoms with Crippen LogP contribution in [-0.4, -0.2) is 60.3 Å². The van der Waals surface area contributed by atoms with Crippen LogP contribution < -0.4 is 30.4 Å². The molecule has 1 fully saturated rings. The molecule has 2 aromatic rings. The van der Waals surface area contributed by atoms with Crippen molar-refractivity contribution >= 4 is 28.5 Å². The van der Waals surface area contributed by atoms with Crippen molar-refractivity contribution in [3.63, 3.8) is 0 Å². The van der Waals surface area contributed by atoms with Gasteiger partial charge in [-0.05, 0) is 36.2 Å². The highest BCUT2D eigenvalue weighted by molar-refractivity contribution is 8.14. The number of fused-ring (bicyclic) bond motifs is 3. The normalized spacial score (nSPS) is 22.1. The first-order valence-corrected chi connectivity index (χ1v) is 12.2. The number of nitrogens with one attached hydrogen (secondary N) is 3. The number of hydrogen-bond donors (Lipinski definition) is 3. The number of amidine groups is 1. The minimum atomic E-state index is -0.155. The Morgan fingerprint density at radius 2 is 1.86 bits per heavy atom. The van der Waals surface area contributed by atoms with Gasteiger partial charge in [-0.15, -0.1) is 0 Å². The molecule has 3 atom stereocenters. The van der Waals surface area contributed by atoms with Crippen LogP contribution in [0.5, 0.6) is 17.2 Å². The quantitative estimate of drug-likeness (QED) is 0.534. The Kier molecular flexibility index (Phi) is 6.60. The molecule has 3 unspecified atom stereocenters. The number of benzene rings is 2. The number of methoxy groups -OCH3 is 3. The lowest BCUT2D eigenvalue weighted by Crippen LogP contribution is -2.54. The van der Waals surface area contributed by atoms with Crippen molar-refractivity contribution in [2.24, 2.45) is 5.10 Å². The van der Waals surface area contributed by atoms with Gasteiger partial charge in [0.25, 0.3) is 0 Å². The fourth-order valence-electron chi connectivity index (χ4n) is 4.43. The third-order valence-corrected chi connectivity index (χ3v) is 7.20. The number of nitrogens with zero attached hydrogens (tertiary/aromatic N) is 3. The second kappa shape index (κ2) is 9.96. The summed E-state index contributed by atoms with van der Waals surface area (Å²) in [7, 11) is 4.81. The maximum atomic E-state index is 12.7. The first kappa shape index (κ1) is 23.2. The van der Waals surface area contributed by atoms with E-state index in [0.29, 0.717) is 17.2 Å². The summed E-state index contributed by atoms with van der Waals surface area (Å²) < 4.78 is 15.9. The van der Waals surface area contributed by atoms with Gasteiger partial charge in [0.05, 0.1) is 44.9 Å². The molecule has 0 aromatic heterocycles. The van der Waals surface area contributed by atoms with Gasteiger partial charge < -0.3 is 29.4 Å². The van der Waals surface area contributed by atoms with E-state index >= 15 is 0 Å². The molecule has 184 valence electrons. The van der Waals surface area contributed by atoms with Gasteiger partial charge in [-0.2, -0.15) is 5.10 Å². The van der Waals surface area contributed by atoms with Crippen LogP contribution in [-0.2, 0) is 4.79 Å². The van der Waals surface area contributed by atoms with E-state index in [2.05, 4.69) is 43.3 Å². The summed E-state index contributed by atoms with van der Waals surface area (Å²) in [5.74, 6) is 2.11. The highest BCUT2D eigenvalue weighted by Crippen LogP contribution is 2.35. The molecule has 3 aliphatic rings. The summed E-state index contributed by atoms with van der Waals surface area (Å²) >= 11 is 1.38. The molecule has 0 bridgehead atoms. The minimum absolute atomic E-state index is 0.0141. The molecule has 0 radical (unpaired) electrons. The van der Waals surface area contributed by atoms with E-state index in [0.717, 1.165) is 17.3 Å². The number of carbonyl (C=O) groups excluding carboxylic acids is 1. The molecule has 35 heavy (non-hydrogen) atoms. The molecule has 10 nitrogen and oxygen atoms in total. The number of ether oxygens (including phenoxy) is 3. The fraction of sp³-hybridized carbons (Fsp3) is 0.333. The molecule has 2 aromatic carbocycles. The topological polar surface area (TPSA) is 99.7 Å². The average molecular weight is 497 g/mol. The number of hydrazone groups is 1. The number of carbonyl (C=O) groups is 1. The van der Waals surface area contributed by atoms with Crippen LogP contribution in [0, 0.1) is 0 Å². The monoisotopic (exact) mass is 496 g/mol. The molecule has 3 heterocycles. The number of anilines is 1. The van der Waals surface area contributed by atoms with Gasteiger partial charge >= 0.3 is 0 Å². The van der Waals surface area contributed by atoms with E-state index < -0.39 is 0 Å². The van der Waals surface area contributed by atoms with Gasteiger partial charge in [-0.25, -0.2) is 5.43 Å². The second-order valence-corrected chi connectivity index (χ2v) is 9.18. The van der Waals surface area contributed by atoms with Gasteiger partial charge in [0.1, 0.15) is 23.4 Å². The van der Waals surface area contributed by atoms with Gasteiger partial charge in [0.2, 0.25) is 5.91 Å². The second-order valence-electron chi connectivity index (χ2n) is 8.24. The lowest BCUT2D eigenvalue weighted by molar-refractivity contribution is -0.113. The Bertz CT molecular complexity index is 1140. The first-order chi connectivity index (χ1) is 17.1. The van der Waals surface area contributed by atoms with Crippen molar-refractivity contribution in [1.82, 2.24) is 20.8 Å². The molecule has 3 N–H and O–H groups in total. The number of hydrazine groups is 1. The van der Waals surface area contributed by atoms with Crippen LogP contribution in [0.1, 0.15) is 18.0 Å². The smallest absolute Gasteiger partial charge is 0.234 e. The van der Waals surface area contributed by atoms with Crippen molar-refractivity contribution in [2.45, 2.75) is 24.7 Å². The largest absolute Gasteiger partial charge is 0.497 e. The lowest BCUT2D eigenvalue weighted by atomic mass is 10.00. The number of amides is 1. The summed E-state index contributed by atoms with van der Waals surface area (Å²) in [6.07, 6.45) is 4.91. The minimum Gasteiger partial charge on any atom is -0.497 e. The standard InChI is InChI=1S/C24H28N6O4S/c1-32-16-6-4-15(5-7-16)18-13-20-23-26-27-24(29(23)10-11-30(20)28-18)35-14-22(31)25-19-12-17(33-2)8-9-21(19)34-3/h4-12,18,20,23,26,28H,13-14H2,1-3H3,(H,25,31).